The number of anilines is 1. The summed E-state index contributed by atoms with van der Waals surface area (Å²) in [6.45, 7) is 0.137. The third-order valence-electron chi connectivity index (χ3n) is 2.47. The molecule has 2 aromatic heterocycles. The van der Waals surface area contributed by atoms with Crippen molar-refractivity contribution in [3.05, 3.63) is 12.2 Å². The van der Waals surface area contributed by atoms with Crippen molar-refractivity contribution in [2.45, 2.75) is 19.1 Å². The zero-order chi connectivity index (χ0) is 14.8. The number of hydrogen-bond donors (Lipinski definition) is 2. The smallest absolute Gasteiger partial charge is 0.396 e. The van der Waals surface area contributed by atoms with E-state index < -0.39 is 12.0 Å². The second-order valence-electron chi connectivity index (χ2n) is 3.84. The van der Waals surface area contributed by atoms with Gasteiger partial charge >= 0.3 is 6.18 Å². The van der Waals surface area contributed by atoms with Gasteiger partial charge in [0, 0.05) is 13.2 Å². The van der Waals surface area contributed by atoms with Gasteiger partial charge in [0.15, 0.2) is 17.0 Å². The molecule has 7 nitrogen and oxygen atoms in total. The highest BCUT2D eigenvalue weighted by atomic mass is 19.4. The van der Waals surface area contributed by atoms with E-state index in [4.69, 9.17) is 5.11 Å². The lowest BCUT2D eigenvalue weighted by molar-refractivity contribution is -0.144. The molecule has 2 N–H and O–H groups in total. The molecule has 108 valence electrons. The molecule has 0 radical (unpaired) electrons. The van der Waals surface area contributed by atoms with Gasteiger partial charge in [-0.1, -0.05) is 0 Å². The van der Waals surface area contributed by atoms with Gasteiger partial charge in [-0.05, 0) is 6.42 Å². The van der Waals surface area contributed by atoms with Crippen molar-refractivity contribution >= 4 is 23.4 Å². The third-order valence-corrected chi connectivity index (χ3v) is 2.47. The lowest BCUT2D eigenvalue weighted by Gasteiger charge is -2.08. The van der Waals surface area contributed by atoms with Crippen molar-refractivity contribution in [2.24, 2.45) is 0 Å². The van der Waals surface area contributed by atoms with Gasteiger partial charge in [-0.15, -0.1) is 0 Å². The topological polar surface area (TPSA) is 92.9 Å². The maximum absolute atomic E-state index is 12.7. The Bertz CT molecular complexity index is 625. The fourth-order valence-electron chi connectivity index (χ4n) is 1.63. The number of imidazole rings is 1. The Hall–Kier alpha value is -2.23. The van der Waals surface area contributed by atoms with E-state index in [0.717, 1.165) is 0 Å². The fraction of sp³-hybridized carbons (Fsp3) is 0.400. The van der Waals surface area contributed by atoms with Crippen LogP contribution in [0.4, 0.5) is 19.0 Å². The van der Waals surface area contributed by atoms with Crippen molar-refractivity contribution in [3.63, 3.8) is 0 Å². The molecule has 2 aromatic rings. The SMILES string of the molecule is O=CNc1nc(C(F)(F)F)nc2c1ncn2CCCO. The van der Waals surface area contributed by atoms with Crippen LogP contribution in [0.1, 0.15) is 12.2 Å². The van der Waals surface area contributed by atoms with Crippen molar-refractivity contribution in [1.82, 2.24) is 19.5 Å². The largest absolute Gasteiger partial charge is 0.451 e. The van der Waals surface area contributed by atoms with E-state index in [1.54, 1.807) is 0 Å². The average molecular weight is 289 g/mol. The maximum atomic E-state index is 12.7. The summed E-state index contributed by atoms with van der Waals surface area (Å²) in [5, 5.41) is 10.8. The fourth-order valence-corrected chi connectivity index (χ4v) is 1.63. The van der Waals surface area contributed by atoms with Gasteiger partial charge in [0.05, 0.1) is 6.33 Å². The number of fused-ring (bicyclic) bond motifs is 1. The Kier molecular flexibility index (Phi) is 3.84. The van der Waals surface area contributed by atoms with Gasteiger partial charge in [-0.2, -0.15) is 13.2 Å². The molecule has 2 heterocycles. The number of carbonyl (C=O) groups is 1. The van der Waals surface area contributed by atoms with Crippen LogP contribution in [-0.4, -0.2) is 37.6 Å². The number of alkyl halides is 3. The van der Waals surface area contributed by atoms with Crippen LogP contribution in [0.15, 0.2) is 6.33 Å². The normalized spacial score (nSPS) is 11.8. The first-order chi connectivity index (χ1) is 9.47. The number of aryl methyl sites for hydroxylation is 1. The number of aliphatic hydroxyl groups excluding tert-OH is 1. The molecular weight excluding hydrogens is 279 g/mol. The molecule has 0 aliphatic carbocycles. The lowest BCUT2D eigenvalue weighted by atomic mass is 10.4. The summed E-state index contributed by atoms with van der Waals surface area (Å²) in [6, 6.07) is 0. The highest BCUT2D eigenvalue weighted by molar-refractivity contribution is 5.88. The van der Waals surface area contributed by atoms with Gasteiger partial charge in [0.2, 0.25) is 12.2 Å². The first kappa shape index (κ1) is 14.2. The molecule has 0 spiro atoms. The minimum Gasteiger partial charge on any atom is -0.396 e. The molecule has 0 aromatic carbocycles. The lowest BCUT2D eigenvalue weighted by Crippen LogP contribution is -2.14. The summed E-state index contributed by atoms with van der Waals surface area (Å²) >= 11 is 0. The van der Waals surface area contributed by atoms with E-state index in [9.17, 15) is 18.0 Å². The number of nitrogens with one attached hydrogen (secondary N) is 1. The van der Waals surface area contributed by atoms with Gasteiger partial charge in [0.1, 0.15) is 0 Å². The molecule has 20 heavy (non-hydrogen) atoms. The van der Waals surface area contributed by atoms with E-state index in [1.165, 1.54) is 10.9 Å². The van der Waals surface area contributed by atoms with E-state index in [2.05, 4.69) is 20.3 Å². The van der Waals surface area contributed by atoms with Gasteiger partial charge in [-0.25, -0.2) is 15.0 Å². The van der Waals surface area contributed by atoms with Gasteiger partial charge in [0.25, 0.3) is 0 Å². The second-order valence-corrected chi connectivity index (χ2v) is 3.84. The molecular formula is C10H10F3N5O2. The predicted molar refractivity (Wildman–Crippen MR) is 61.7 cm³/mol. The maximum Gasteiger partial charge on any atom is 0.451 e. The van der Waals surface area contributed by atoms with E-state index in [-0.39, 0.29) is 36.5 Å². The first-order valence-electron chi connectivity index (χ1n) is 5.58. The van der Waals surface area contributed by atoms with Crippen LogP contribution in [0.2, 0.25) is 0 Å². The Morgan fingerprint density at radius 2 is 2.15 bits per heavy atom. The van der Waals surface area contributed by atoms with Crippen molar-refractivity contribution in [2.75, 3.05) is 11.9 Å². The van der Waals surface area contributed by atoms with Crippen LogP contribution < -0.4 is 5.32 Å². The number of carbonyl (C=O) groups excluding carboxylic acids is 1. The average Bonchev–Trinajstić information content (AvgIpc) is 2.79. The Balaban J connectivity index is 2.58. The van der Waals surface area contributed by atoms with E-state index in [1.807, 2.05) is 0 Å². The second kappa shape index (κ2) is 5.41. The molecule has 0 saturated carbocycles. The molecule has 0 aliphatic rings. The molecule has 0 atom stereocenters. The van der Waals surface area contributed by atoms with Crippen molar-refractivity contribution < 1.29 is 23.1 Å². The highest BCUT2D eigenvalue weighted by Gasteiger charge is 2.36. The summed E-state index contributed by atoms with van der Waals surface area (Å²) in [4.78, 5) is 21.0. The summed E-state index contributed by atoms with van der Waals surface area (Å²) in [5.74, 6) is -1.67. The number of nitrogens with zero attached hydrogens (tertiary/aromatic N) is 4. The van der Waals surface area contributed by atoms with Crippen LogP contribution in [-0.2, 0) is 17.5 Å². The molecule has 0 bridgehead atoms. The Labute approximate surface area is 110 Å². The van der Waals surface area contributed by atoms with Crippen molar-refractivity contribution in [3.8, 4) is 0 Å². The van der Waals surface area contributed by atoms with Crippen LogP contribution >= 0.6 is 0 Å². The molecule has 0 fully saturated rings. The van der Waals surface area contributed by atoms with Crippen molar-refractivity contribution in [1.29, 1.82) is 0 Å². The summed E-state index contributed by atoms with van der Waals surface area (Å²) in [7, 11) is 0. The van der Waals surface area contributed by atoms with Crippen LogP contribution in [0.25, 0.3) is 11.2 Å². The van der Waals surface area contributed by atoms with Gasteiger partial charge in [-0.3, -0.25) is 4.79 Å². The number of rotatable bonds is 5. The van der Waals surface area contributed by atoms with Crippen LogP contribution in [0, 0.1) is 0 Å². The predicted octanol–water partition coefficient (Wildman–Crippen LogP) is 0.796. The summed E-state index contributed by atoms with van der Waals surface area (Å²) < 4.78 is 39.5. The number of amides is 1. The first-order valence-corrected chi connectivity index (χ1v) is 5.58. The standard InChI is InChI=1S/C10H10F3N5O2/c11-10(12,13)9-16-7(15-5-20)6-8(17-9)18(4-14-6)2-1-3-19/h4-5,19H,1-3H2,(H,15,16,17,20). The third kappa shape index (κ3) is 2.69. The quantitative estimate of drug-likeness (QED) is 0.794. The molecule has 0 saturated heterocycles. The zero-order valence-corrected chi connectivity index (χ0v) is 10.1. The summed E-state index contributed by atoms with van der Waals surface area (Å²) in [5.41, 5.74) is 0.00756. The minimum atomic E-state index is -4.74. The van der Waals surface area contributed by atoms with E-state index in [0.29, 0.717) is 6.42 Å². The molecule has 1 amide bonds. The van der Waals surface area contributed by atoms with Gasteiger partial charge < -0.3 is 15.0 Å². The zero-order valence-electron chi connectivity index (χ0n) is 10.1. The monoisotopic (exact) mass is 289 g/mol. The van der Waals surface area contributed by atoms with Crippen LogP contribution in [0.3, 0.4) is 0 Å². The summed E-state index contributed by atoms with van der Waals surface area (Å²) in [6.07, 6.45) is -2.90. The van der Waals surface area contributed by atoms with Crippen LogP contribution in [0.5, 0.6) is 0 Å². The molecule has 10 heteroatoms. The number of aliphatic hydroxyl groups is 1. The minimum absolute atomic E-state index is 0.0508. The molecule has 0 aliphatic heterocycles. The molecule has 2 rings (SSSR count). The van der Waals surface area contributed by atoms with E-state index >= 15 is 0 Å². The Morgan fingerprint density at radius 1 is 1.40 bits per heavy atom. The Morgan fingerprint density at radius 3 is 2.75 bits per heavy atom. The number of halogens is 3. The molecule has 0 unspecified atom stereocenters. The highest BCUT2D eigenvalue weighted by Crippen LogP contribution is 2.29. The number of hydrogen-bond acceptors (Lipinski definition) is 5. The number of aromatic nitrogens is 4.